The molecule has 5 heteroatoms. The van der Waals surface area contributed by atoms with Crippen molar-refractivity contribution in [1.82, 2.24) is 20.3 Å². The summed E-state index contributed by atoms with van der Waals surface area (Å²) in [5.41, 5.74) is 0.976. The molecule has 0 spiro atoms. The molecule has 0 aliphatic rings. The first-order valence-corrected chi connectivity index (χ1v) is 7.21. The molecule has 1 unspecified atom stereocenters. The highest BCUT2D eigenvalue weighted by Crippen LogP contribution is 2.07. The number of hydrogen-bond donors (Lipinski definition) is 1. The molecule has 0 aliphatic carbocycles. The van der Waals surface area contributed by atoms with Gasteiger partial charge in [-0.2, -0.15) is 0 Å². The first-order valence-electron chi connectivity index (χ1n) is 7.21. The maximum Gasteiger partial charge on any atom is 0.0964 e. The van der Waals surface area contributed by atoms with E-state index in [9.17, 15) is 0 Å². The summed E-state index contributed by atoms with van der Waals surface area (Å²) in [4.78, 5) is 0. The van der Waals surface area contributed by atoms with E-state index in [0.29, 0.717) is 24.7 Å². The fraction of sp³-hybridized carbons (Fsp3) is 0.857. The summed E-state index contributed by atoms with van der Waals surface area (Å²) in [6.07, 6.45) is 3.39. The van der Waals surface area contributed by atoms with Crippen LogP contribution in [0.3, 0.4) is 0 Å². The third-order valence-corrected chi connectivity index (χ3v) is 2.80. The van der Waals surface area contributed by atoms with Gasteiger partial charge in [0.2, 0.25) is 0 Å². The van der Waals surface area contributed by atoms with Crippen LogP contribution in [0.4, 0.5) is 0 Å². The Bertz CT molecular complexity index is 349. The molecule has 0 amide bonds. The molecule has 1 N–H and O–H groups in total. The maximum atomic E-state index is 5.76. The normalized spacial score (nSPS) is 13.4. The van der Waals surface area contributed by atoms with Crippen LogP contribution in [0.1, 0.15) is 46.7 Å². The highest BCUT2D eigenvalue weighted by molar-refractivity contribution is 4.91. The molecule has 0 saturated carbocycles. The highest BCUT2D eigenvalue weighted by atomic mass is 16.5. The Hall–Kier alpha value is -0.940. The molecule has 0 saturated heterocycles. The van der Waals surface area contributed by atoms with Crippen LogP contribution in [0.15, 0.2) is 6.20 Å². The van der Waals surface area contributed by atoms with Crippen LogP contribution in [0.25, 0.3) is 0 Å². The number of nitrogens with zero attached hydrogens (tertiary/aromatic N) is 3. The lowest BCUT2D eigenvalue weighted by molar-refractivity contribution is 0.0452. The molecular weight excluding hydrogens is 240 g/mol. The Labute approximate surface area is 116 Å². The van der Waals surface area contributed by atoms with Gasteiger partial charge in [-0.05, 0) is 19.3 Å². The SMILES string of the molecule is CC(C)CC(C)OCCn1cc(CNC(C)C)nn1. The van der Waals surface area contributed by atoms with E-state index in [1.807, 2.05) is 10.9 Å². The van der Waals surface area contributed by atoms with Crippen LogP contribution < -0.4 is 5.32 Å². The molecular formula is C14H28N4O. The third kappa shape index (κ3) is 7.28. The van der Waals surface area contributed by atoms with Crippen LogP contribution in [0.2, 0.25) is 0 Å². The quantitative estimate of drug-likeness (QED) is 0.746. The lowest BCUT2D eigenvalue weighted by Crippen LogP contribution is -2.22. The van der Waals surface area contributed by atoms with E-state index < -0.39 is 0 Å². The zero-order valence-electron chi connectivity index (χ0n) is 12.9. The van der Waals surface area contributed by atoms with Gasteiger partial charge in [-0.3, -0.25) is 0 Å². The highest BCUT2D eigenvalue weighted by Gasteiger charge is 2.06. The second-order valence-electron chi connectivity index (χ2n) is 5.82. The van der Waals surface area contributed by atoms with Crippen LogP contribution in [0, 0.1) is 5.92 Å². The topological polar surface area (TPSA) is 52.0 Å². The summed E-state index contributed by atoms with van der Waals surface area (Å²) in [7, 11) is 0. The average molecular weight is 268 g/mol. The van der Waals surface area contributed by atoms with Gasteiger partial charge >= 0.3 is 0 Å². The molecule has 1 aromatic heterocycles. The molecule has 0 fully saturated rings. The van der Waals surface area contributed by atoms with E-state index in [4.69, 9.17) is 4.74 Å². The lowest BCUT2D eigenvalue weighted by Gasteiger charge is -2.14. The van der Waals surface area contributed by atoms with E-state index in [1.165, 1.54) is 0 Å². The molecule has 1 rings (SSSR count). The fourth-order valence-corrected chi connectivity index (χ4v) is 1.92. The van der Waals surface area contributed by atoms with Gasteiger partial charge in [-0.15, -0.1) is 5.10 Å². The van der Waals surface area contributed by atoms with E-state index in [1.54, 1.807) is 0 Å². The predicted molar refractivity (Wildman–Crippen MR) is 76.9 cm³/mol. The minimum Gasteiger partial charge on any atom is -0.377 e. The van der Waals surface area contributed by atoms with Gasteiger partial charge in [0, 0.05) is 18.8 Å². The summed E-state index contributed by atoms with van der Waals surface area (Å²) in [6.45, 7) is 13.0. The van der Waals surface area contributed by atoms with Crippen LogP contribution in [0.5, 0.6) is 0 Å². The maximum absolute atomic E-state index is 5.76. The van der Waals surface area contributed by atoms with Crippen molar-refractivity contribution in [2.24, 2.45) is 5.92 Å². The van der Waals surface area contributed by atoms with Crippen molar-refractivity contribution in [3.8, 4) is 0 Å². The number of nitrogens with one attached hydrogen (secondary N) is 1. The van der Waals surface area contributed by atoms with Gasteiger partial charge in [0.05, 0.1) is 24.9 Å². The molecule has 0 radical (unpaired) electrons. The van der Waals surface area contributed by atoms with Gasteiger partial charge in [-0.1, -0.05) is 32.9 Å². The number of aromatic nitrogens is 3. The number of rotatable bonds is 9. The van der Waals surface area contributed by atoms with E-state index in [0.717, 1.165) is 25.2 Å². The van der Waals surface area contributed by atoms with E-state index >= 15 is 0 Å². The van der Waals surface area contributed by atoms with Crippen molar-refractivity contribution in [2.45, 2.75) is 66.3 Å². The summed E-state index contributed by atoms with van der Waals surface area (Å²) >= 11 is 0. The molecule has 0 bridgehead atoms. The number of hydrogen-bond acceptors (Lipinski definition) is 4. The predicted octanol–water partition coefficient (Wildman–Crippen LogP) is 2.23. The van der Waals surface area contributed by atoms with Crippen molar-refractivity contribution in [2.75, 3.05) is 6.61 Å². The van der Waals surface area contributed by atoms with E-state index in [-0.39, 0.29) is 0 Å². The molecule has 1 heterocycles. The van der Waals surface area contributed by atoms with E-state index in [2.05, 4.69) is 50.2 Å². The first kappa shape index (κ1) is 16.1. The van der Waals surface area contributed by atoms with Crippen LogP contribution in [-0.2, 0) is 17.8 Å². The second-order valence-corrected chi connectivity index (χ2v) is 5.82. The minimum atomic E-state index is 0.311. The lowest BCUT2D eigenvalue weighted by atomic mass is 10.1. The van der Waals surface area contributed by atoms with Gasteiger partial charge < -0.3 is 10.1 Å². The second kappa shape index (κ2) is 8.27. The van der Waals surface area contributed by atoms with Crippen molar-refractivity contribution in [3.63, 3.8) is 0 Å². The Morgan fingerprint density at radius 2 is 2.00 bits per heavy atom. The number of ether oxygens (including phenoxy) is 1. The summed E-state index contributed by atoms with van der Waals surface area (Å²) in [6, 6.07) is 0.463. The molecule has 5 nitrogen and oxygen atoms in total. The van der Waals surface area contributed by atoms with Gasteiger partial charge in [0.1, 0.15) is 0 Å². The van der Waals surface area contributed by atoms with Gasteiger partial charge in [-0.25, -0.2) is 4.68 Å². The molecule has 19 heavy (non-hydrogen) atoms. The Balaban J connectivity index is 2.22. The summed E-state index contributed by atoms with van der Waals surface area (Å²) in [5.74, 6) is 0.676. The van der Waals surface area contributed by atoms with Crippen LogP contribution in [-0.4, -0.2) is 33.7 Å². The van der Waals surface area contributed by atoms with Gasteiger partial charge in [0.15, 0.2) is 0 Å². The Morgan fingerprint density at radius 1 is 1.26 bits per heavy atom. The first-order chi connectivity index (χ1) is 8.97. The average Bonchev–Trinajstić information content (AvgIpc) is 2.73. The standard InChI is InChI=1S/C14H28N4O/c1-11(2)8-13(5)19-7-6-18-10-14(16-17-18)9-15-12(3)4/h10-13,15H,6-9H2,1-5H3. The zero-order chi connectivity index (χ0) is 14.3. The molecule has 1 aromatic rings. The molecule has 0 aliphatic heterocycles. The molecule has 0 aromatic carbocycles. The van der Waals surface area contributed by atoms with Crippen molar-refractivity contribution in [3.05, 3.63) is 11.9 Å². The Morgan fingerprint density at radius 3 is 2.63 bits per heavy atom. The Kier molecular flexibility index (Phi) is 7.02. The minimum absolute atomic E-state index is 0.311. The smallest absolute Gasteiger partial charge is 0.0964 e. The monoisotopic (exact) mass is 268 g/mol. The zero-order valence-corrected chi connectivity index (χ0v) is 12.9. The molecule has 1 atom stereocenters. The van der Waals surface area contributed by atoms with Crippen molar-refractivity contribution in [1.29, 1.82) is 0 Å². The summed E-state index contributed by atoms with van der Waals surface area (Å²) in [5, 5.41) is 11.6. The van der Waals surface area contributed by atoms with Crippen molar-refractivity contribution >= 4 is 0 Å². The van der Waals surface area contributed by atoms with Crippen LogP contribution >= 0.6 is 0 Å². The summed E-state index contributed by atoms with van der Waals surface area (Å²) < 4.78 is 7.61. The van der Waals surface area contributed by atoms with Gasteiger partial charge in [0.25, 0.3) is 0 Å². The largest absolute Gasteiger partial charge is 0.377 e. The third-order valence-electron chi connectivity index (χ3n) is 2.80. The molecule has 110 valence electrons. The van der Waals surface area contributed by atoms with Crippen molar-refractivity contribution < 1.29 is 4.74 Å². The fourth-order valence-electron chi connectivity index (χ4n) is 1.92.